The summed E-state index contributed by atoms with van der Waals surface area (Å²) in [6.45, 7) is 8.99. The summed E-state index contributed by atoms with van der Waals surface area (Å²) in [6, 6.07) is 0. The van der Waals surface area contributed by atoms with E-state index in [1.807, 2.05) is 0 Å². The van der Waals surface area contributed by atoms with Crippen LogP contribution in [0, 0.1) is 46.3 Å². The van der Waals surface area contributed by atoms with E-state index in [1.165, 1.54) is 32.1 Å². The maximum Gasteiger partial charge on any atom is 0.308 e. The van der Waals surface area contributed by atoms with Crippen molar-refractivity contribution in [2.75, 3.05) is 0 Å². The molecule has 0 aromatic heterocycles. The van der Waals surface area contributed by atoms with Gasteiger partial charge in [-0.1, -0.05) is 32.4 Å². The van der Waals surface area contributed by atoms with Crippen molar-refractivity contribution in [3.63, 3.8) is 0 Å². The molecule has 4 aliphatic rings. The molecule has 0 spiro atoms. The molecule has 10 atom stereocenters. The van der Waals surface area contributed by atoms with Crippen molar-refractivity contribution >= 4 is 5.97 Å². The van der Waals surface area contributed by atoms with Crippen LogP contribution < -0.4 is 0 Å². The summed E-state index contributed by atoms with van der Waals surface area (Å²) < 4.78 is 0. The summed E-state index contributed by atoms with van der Waals surface area (Å²) in [6.07, 6.45) is 12.5. The van der Waals surface area contributed by atoms with Crippen molar-refractivity contribution in [1.82, 2.24) is 0 Å². The van der Waals surface area contributed by atoms with E-state index >= 15 is 0 Å². The van der Waals surface area contributed by atoms with E-state index in [2.05, 4.69) is 26.8 Å². The summed E-state index contributed by atoms with van der Waals surface area (Å²) in [5.41, 5.74) is 2.21. The first kappa shape index (κ1) is 23.3. The molecule has 31 heavy (non-hydrogen) atoms. The van der Waals surface area contributed by atoms with Crippen LogP contribution in [0.2, 0.25) is 0 Å². The average molecular weight is 433 g/mol. The third-order valence-corrected chi connectivity index (χ3v) is 10.7. The van der Waals surface area contributed by atoms with Crippen LogP contribution in [-0.4, -0.2) is 33.5 Å². The molecule has 3 N–H and O–H groups in total. The van der Waals surface area contributed by atoms with Crippen molar-refractivity contribution in [1.29, 1.82) is 0 Å². The number of aliphatic carboxylic acids is 1. The Bertz CT molecular complexity index is 716. The Kier molecular flexibility index (Phi) is 6.37. The van der Waals surface area contributed by atoms with Crippen molar-refractivity contribution < 1.29 is 20.1 Å². The molecule has 0 amide bonds. The first-order chi connectivity index (χ1) is 14.6. The van der Waals surface area contributed by atoms with Crippen LogP contribution in [-0.2, 0) is 4.79 Å². The van der Waals surface area contributed by atoms with Crippen LogP contribution in [0.3, 0.4) is 0 Å². The van der Waals surface area contributed by atoms with E-state index < -0.39 is 18.0 Å². The van der Waals surface area contributed by atoms with Gasteiger partial charge in [0.25, 0.3) is 0 Å². The summed E-state index contributed by atoms with van der Waals surface area (Å²) in [4.78, 5) is 11.2. The van der Waals surface area contributed by atoms with E-state index in [9.17, 15) is 20.1 Å². The molecule has 0 heterocycles. The number of allylic oxidation sites excluding steroid dienone is 1. The molecule has 0 radical (unpaired) electrons. The van der Waals surface area contributed by atoms with Gasteiger partial charge in [0.1, 0.15) is 0 Å². The first-order valence-corrected chi connectivity index (χ1v) is 12.9. The molecular weight excluding hydrogens is 388 g/mol. The SMILES string of the molecule is CC(C(=O)O)C(O)CC[C@@H](C)[C@H]1CC[C@H]2[C@@H]3CC=C4C[C@@H](O)CC[C@]4(C)[C@H]3CC[C@]12C. The highest BCUT2D eigenvalue weighted by Crippen LogP contribution is 2.67. The highest BCUT2D eigenvalue weighted by Gasteiger charge is 2.59. The second-order valence-corrected chi connectivity index (χ2v) is 12.1. The summed E-state index contributed by atoms with van der Waals surface area (Å²) >= 11 is 0. The van der Waals surface area contributed by atoms with Gasteiger partial charge >= 0.3 is 5.97 Å². The maximum absolute atomic E-state index is 11.2. The predicted molar refractivity (Wildman–Crippen MR) is 122 cm³/mol. The van der Waals surface area contributed by atoms with E-state index in [4.69, 9.17) is 0 Å². The zero-order valence-corrected chi connectivity index (χ0v) is 20.0. The van der Waals surface area contributed by atoms with Crippen molar-refractivity contribution in [2.45, 2.75) is 104 Å². The lowest BCUT2D eigenvalue weighted by Gasteiger charge is -2.58. The Morgan fingerprint density at radius 3 is 2.55 bits per heavy atom. The van der Waals surface area contributed by atoms with Gasteiger partial charge in [0.2, 0.25) is 0 Å². The monoisotopic (exact) mass is 432 g/mol. The highest BCUT2D eigenvalue weighted by atomic mass is 16.4. The lowest BCUT2D eigenvalue weighted by molar-refractivity contribution is -0.145. The van der Waals surface area contributed by atoms with Crippen molar-refractivity contribution in [2.24, 2.45) is 46.3 Å². The third kappa shape index (κ3) is 3.90. The normalized spacial score (nSPS) is 45.0. The molecule has 0 aromatic carbocycles. The van der Waals surface area contributed by atoms with Crippen LogP contribution in [0.15, 0.2) is 11.6 Å². The Balaban J connectivity index is 1.45. The number of hydrogen-bond donors (Lipinski definition) is 3. The standard InChI is InChI=1S/C27H44O4/c1-16(5-10-24(29)17(2)25(30)31)21-8-9-22-20-7-6-18-15-19(28)11-13-26(18,3)23(20)12-14-27(21,22)4/h6,16-17,19-24,28-29H,5,7-15H2,1-4H3,(H,30,31)/t16-,17?,19+,20+,21-,22+,23+,24?,26+,27-/m1/s1. The van der Waals surface area contributed by atoms with Crippen LogP contribution in [0.5, 0.6) is 0 Å². The number of carbonyl (C=O) groups is 1. The van der Waals surface area contributed by atoms with Crippen LogP contribution >= 0.6 is 0 Å². The zero-order valence-electron chi connectivity index (χ0n) is 20.0. The number of aliphatic hydroxyl groups excluding tert-OH is 2. The smallest absolute Gasteiger partial charge is 0.308 e. The molecule has 0 aromatic rings. The number of fused-ring (bicyclic) bond motifs is 5. The predicted octanol–water partition coefficient (Wildman–Crippen LogP) is 5.42. The quantitative estimate of drug-likeness (QED) is 0.490. The fourth-order valence-electron chi connectivity index (χ4n) is 8.67. The van der Waals surface area contributed by atoms with E-state index in [-0.39, 0.29) is 6.10 Å². The largest absolute Gasteiger partial charge is 0.481 e. The Labute approximate surface area is 188 Å². The molecule has 4 nitrogen and oxygen atoms in total. The molecule has 0 saturated heterocycles. The van der Waals surface area contributed by atoms with Gasteiger partial charge in [-0.05, 0) is 112 Å². The first-order valence-electron chi connectivity index (χ1n) is 12.9. The van der Waals surface area contributed by atoms with Gasteiger partial charge in [0.15, 0.2) is 0 Å². The van der Waals surface area contributed by atoms with Gasteiger partial charge in [0, 0.05) is 0 Å². The van der Waals surface area contributed by atoms with Crippen molar-refractivity contribution in [3.8, 4) is 0 Å². The molecule has 2 unspecified atom stereocenters. The van der Waals surface area contributed by atoms with Crippen LogP contribution in [0.25, 0.3) is 0 Å². The summed E-state index contributed by atoms with van der Waals surface area (Å²) in [5.74, 6) is 1.94. The fourth-order valence-corrected chi connectivity index (χ4v) is 8.67. The van der Waals surface area contributed by atoms with Gasteiger partial charge in [-0.15, -0.1) is 0 Å². The second-order valence-electron chi connectivity index (χ2n) is 12.1. The lowest BCUT2D eigenvalue weighted by Crippen LogP contribution is -2.50. The van der Waals surface area contributed by atoms with Gasteiger partial charge in [-0.2, -0.15) is 0 Å². The molecule has 4 rings (SSSR count). The Morgan fingerprint density at radius 2 is 1.84 bits per heavy atom. The molecule has 0 aliphatic heterocycles. The molecule has 3 fully saturated rings. The number of rotatable bonds is 6. The highest BCUT2D eigenvalue weighted by molar-refractivity contribution is 5.70. The van der Waals surface area contributed by atoms with Gasteiger partial charge in [-0.25, -0.2) is 0 Å². The van der Waals surface area contributed by atoms with E-state index in [1.54, 1.807) is 12.5 Å². The van der Waals surface area contributed by atoms with Crippen LogP contribution in [0.1, 0.15) is 91.9 Å². The Hall–Kier alpha value is -0.870. The Morgan fingerprint density at radius 1 is 1.10 bits per heavy atom. The molecule has 0 bridgehead atoms. The lowest BCUT2D eigenvalue weighted by atomic mass is 9.47. The molecule has 176 valence electrons. The number of carboxylic acid groups (broad SMARTS) is 1. The maximum atomic E-state index is 11.2. The zero-order chi connectivity index (χ0) is 22.6. The average Bonchev–Trinajstić information content (AvgIpc) is 3.09. The van der Waals surface area contributed by atoms with E-state index in [0.717, 1.165) is 43.4 Å². The van der Waals surface area contributed by atoms with Gasteiger partial charge in [-0.3, -0.25) is 4.79 Å². The summed E-state index contributed by atoms with van der Waals surface area (Å²) in [7, 11) is 0. The van der Waals surface area contributed by atoms with Crippen molar-refractivity contribution in [3.05, 3.63) is 11.6 Å². The minimum atomic E-state index is -0.903. The minimum absolute atomic E-state index is 0.138. The molecule has 3 saturated carbocycles. The molecular formula is C27H44O4. The van der Waals surface area contributed by atoms with E-state index in [0.29, 0.717) is 29.1 Å². The van der Waals surface area contributed by atoms with Crippen LogP contribution in [0.4, 0.5) is 0 Å². The summed E-state index contributed by atoms with van der Waals surface area (Å²) in [5, 5.41) is 29.7. The third-order valence-electron chi connectivity index (χ3n) is 10.7. The second kappa shape index (κ2) is 8.48. The van der Waals surface area contributed by atoms with Gasteiger partial charge < -0.3 is 15.3 Å². The number of carboxylic acids is 1. The molecule has 4 aliphatic carbocycles. The topological polar surface area (TPSA) is 77.8 Å². The fraction of sp³-hybridized carbons (Fsp3) is 0.889. The molecule has 4 heteroatoms. The number of aliphatic hydroxyl groups is 2. The minimum Gasteiger partial charge on any atom is -0.481 e. The van der Waals surface area contributed by atoms with Gasteiger partial charge in [0.05, 0.1) is 18.1 Å². The number of hydrogen-bond acceptors (Lipinski definition) is 3.